The smallest absolute Gasteiger partial charge is 0.0816 e. The molecule has 0 aliphatic carbocycles. The number of hydrogen-bond donors (Lipinski definition) is 1. The van der Waals surface area contributed by atoms with Gasteiger partial charge in [0.1, 0.15) is 0 Å². The zero-order valence-electron chi connectivity index (χ0n) is 12.4. The van der Waals surface area contributed by atoms with E-state index in [1.807, 2.05) is 24.3 Å². The molecule has 1 aromatic carbocycles. The number of benzene rings is 1. The maximum Gasteiger partial charge on any atom is 0.0816 e. The maximum absolute atomic E-state index is 10.3. The molecule has 0 aromatic heterocycles. The lowest BCUT2D eigenvalue weighted by Crippen LogP contribution is -2.51. The molecule has 2 rings (SSSR count). The number of aliphatic hydroxyl groups is 1. The van der Waals surface area contributed by atoms with E-state index in [9.17, 15) is 5.11 Å². The average molecular weight is 297 g/mol. The summed E-state index contributed by atoms with van der Waals surface area (Å²) in [4.78, 5) is 4.94. The first kappa shape index (κ1) is 15.8. The average Bonchev–Trinajstić information content (AvgIpc) is 2.45. The second-order valence-electron chi connectivity index (χ2n) is 5.60. The molecular formula is C16H25ClN2O. The SMILES string of the molecule is CCN1CCN(CCC(O)c2ccccc2Cl)CC1C. The van der Waals surface area contributed by atoms with Gasteiger partial charge in [0, 0.05) is 37.2 Å². The highest BCUT2D eigenvalue weighted by atomic mass is 35.5. The second-order valence-corrected chi connectivity index (χ2v) is 6.01. The Morgan fingerprint density at radius 1 is 1.35 bits per heavy atom. The molecule has 3 nitrogen and oxygen atoms in total. The Morgan fingerprint density at radius 3 is 2.75 bits per heavy atom. The van der Waals surface area contributed by atoms with Crippen LogP contribution in [0.4, 0.5) is 0 Å². The third kappa shape index (κ3) is 3.95. The Hall–Kier alpha value is -0.610. The van der Waals surface area contributed by atoms with E-state index in [1.54, 1.807) is 0 Å². The molecule has 20 heavy (non-hydrogen) atoms. The molecule has 0 amide bonds. The summed E-state index contributed by atoms with van der Waals surface area (Å²) in [6, 6.07) is 8.16. The fraction of sp³-hybridized carbons (Fsp3) is 0.625. The molecule has 1 aliphatic rings. The largest absolute Gasteiger partial charge is 0.388 e. The van der Waals surface area contributed by atoms with Crippen LogP contribution >= 0.6 is 11.6 Å². The van der Waals surface area contributed by atoms with Crippen molar-refractivity contribution in [2.75, 3.05) is 32.7 Å². The highest BCUT2D eigenvalue weighted by Crippen LogP contribution is 2.25. The maximum atomic E-state index is 10.3. The lowest BCUT2D eigenvalue weighted by atomic mass is 10.1. The lowest BCUT2D eigenvalue weighted by molar-refractivity contribution is 0.0719. The lowest BCUT2D eigenvalue weighted by Gasteiger charge is -2.39. The van der Waals surface area contributed by atoms with Crippen molar-refractivity contribution >= 4 is 11.6 Å². The molecule has 0 radical (unpaired) electrons. The van der Waals surface area contributed by atoms with E-state index >= 15 is 0 Å². The van der Waals surface area contributed by atoms with Crippen LogP contribution in [-0.2, 0) is 0 Å². The highest BCUT2D eigenvalue weighted by molar-refractivity contribution is 6.31. The Bertz CT molecular complexity index is 427. The van der Waals surface area contributed by atoms with Gasteiger partial charge in [0.05, 0.1) is 6.10 Å². The molecule has 1 N–H and O–H groups in total. The van der Waals surface area contributed by atoms with E-state index in [4.69, 9.17) is 11.6 Å². The van der Waals surface area contributed by atoms with Crippen LogP contribution in [0.5, 0.6) is 0 Å². The van der Waals surface area contributed by atoms with Crippen LogP contribution in [0, 0.1) is 0 Å². The van der Waals surface area contributed by atoms with Crippen molar-refractivity contribution in [3.8, 4) is 0 Å². The van der Waals surface area contributed by atoms with Crippen LogP contribution in [-0.4, -0.2) is 53.7 Å². The van der Waals surface area contributed by atoms with Gasteiger partial charge in [-0.25, -0.2) is 0 Å². The van der Waals surface area contributed by atoms with Gasteiger partial charge in [0.25, 0.3) is 0 Å². The molecule has 112 valence electrons. The minimum absolute atomic E-state index is 0.469. The predicted molar refractivity (Wildman–Crippen MR) is 84.2 cm³/mol. The zero-order valence-corrected chi connectivity index (χ0v) is 13.2. The summed E-state index contributed by atoms with van der Waals surface area (Å²) >= 11 is 6.12. The molecular weight excluding hydrogens is 272 g/mol. The minimum atomic E-state index is -0.469. The summed E-state index contributed by atoms with van der Waals surface area (Å²) in [6.07, 6.45) is 0.269. The normalized spacial score (nSPS) is 22.9. The second kappa shape index (κ2) is 7.41. The molecule has 1 fully saturated rings. The molecule has 0 spiro atoms. The van der Waals surface area contributed by atoms with Gasteiger partial charge < -0.3 is 10.0 Å². The Labute approximate surface area is 127 Å². The van der Waals surface area contributed by atoms with E-state index in [0.29, 0.717) is 11.1 Å². The third-order valence-electron chi connectivity index (χ3n) is 4.24. The van der Waals surface area contributed by atoms with Crippen molar-refractivity contribution < 1.29 is 5.11 Å². The summed E-state index contributed by atoms with van der Waals surface area (Å²) in [6.45, 7) is 9.84. The summed E-state index contributed by atoms with van der Waals surface area (Å²) in [7, 11) is 0. The fourth-order valence-corrected chi connectivity index (χ4v) is 3.21. The van der Waals surface area contributed by atoms with E-state index in [-0.39, 0.29) is 0 Å². The minimum Gasteiger partial charge on any atom is -0.388 e. The van der Waals surface area contributed by atoms with E-state index in [0.717, 1.165) is 44.7 Å². The summed E-state index contributed by atoms with van der Waals surface area (Å²) in [5.74, 6) is 0. The van der Waals surface area contributed by atoms with Gasteiger partial charge >= 0.3 is 0 Å². The van der Waals surface area contributed by atoms with Crippen LogP contribution < -0.4 is 0 Å². The monoisotopic (exact) mass is 296 g/mol. The van der Waals surface area contributed by atoms with Gasteiger partial charge in [-0.3, -0.25) is 4.90 Å². The number of rotatable bonds is 5. The van der Waals surface area contributed by atoms with Crippen molar-refractivity contribution in [2.24, 2.45) is 0 Å². The van der Waals surface area contributed by atoms with Crippen LogP contribution in [0.1, 0.15) is 31.9 Å². The molecule has 1 aliphatic heterocycles. The highest BCUT2D eigenvalue weighted by Gasteiger charge is 2.22. The number of likely N-dealkylation sites (N-methyl/N-ethyl adjacent to an activating group) is 1. The Balaban J connectivity index is 1.82. The van der Waals surface area contributed by atoms with Crippen molar-refractivity contribution in [1.29, 1.82) is 0 Å². The van der Waals surface area contributed by atoms with Crippen molar-refractivity contribution in [3.63, 3.8) is 0 Å². The number of nitrogens with zero attached hydrogens (tertiary/aromatic N) is 2. The predicted octanol–water partition coefficient (Wildman–Crippen LogP) is 2.79. The van der Waals surface area contributed by atoms with Crippen LogP contribution in [0.2, 0.25) is 5.02 Å². The Kier molecular flexibility index (Phi) is 5.85. The van der Waals surface area contributed by atoms with Gasteiger partial charge in [-0.2, -0.15) is 0 Å². The number of aliphatic hydroxyl groups excluding tert-OH is 1. The first-order valence-electron chi connectivity index (χ1n) is 7.50. The van der Waals surface area contributed by atoms with Gasteiger partial charge in [-0.15, -0.1) is 0 Å². The molecule has 0 saturated carbocycles. The number of halogens is 1. The standard InChI is InChI=1S/C16H25ClN2O/c1-3-19-11-10-18(12-13(19)2)9-8-16(20)14-6-4-5-7-15(14)17/h4-7,13,16,20H,3,8-12H2,1-2H3. The first-order chi connectivity index (χ1) is 9.61. The number of piperazine rings is 1. The van der Waals surface area contributed by atoms with Crippen molar-refractivity contribution in [2.45, 2.75) is 32.4 Å². The topological polar surface area (TPSA) is 26.7 Å². The molecule has 4 heteroatoms. The van der Waals surface area contributed by atoms with Gasteiger partial charge in [-0.1, -0.05) is 36.7 Å². The third-order valence-corrected chi connectivity index (χ3v) is 4.58. The van der Waals surface area contributed by atoms with Crippen LogP contribution in [0.15, 0.2) is 24.3 Å². The quantitative estimate of drug-likeness (QED) is 0.905. The number of hydrogen-bond acceptors (Lipinski definition) is 3. The molecule has 1 aromatic rings. The van der Waals surface area contributed by atoms with Gasteiger partial charge in [-0.05, 0) is 31.5 Å². The zero-order chi connectivity index (χ0) is 14.5. The molecule has 1 saturated heterocycles. The molecule has 2 atom stereocenters. The van der Waals surface area contributed by atoms with E-state index in [1.165, 1.54) is 0 Å². The van der Waals surface area contributed by atoms with E-state index < -0.39 is 6.10 Å². The molecule has 0 bridgehead atoms. The summed E-state index contributed by atoms with van der Waals surface area (Å²) < 4.78 is 0. The Morgan fingerprint density at radius 2 is 2.10 bits per heavy atom. The molecule has 2 unspecified atom stereocenters. The summed E-state index contributed by atoms with van der Waals surface area (Å²) in [5.41, 5.74) is 0.842. The van der Waals surface area contributed by atoms with Gasteiger partial charge in [0.2, 0.25) is 0 Å². The first-order valence-corrected chi connectivity index (χ1v) is 7.88. The summed E-state index contributed by atoms with van der Waals surface area (Å²) in [5, 5.41) is 10.9. The van der Waals surface area contributed by atoms with Crippen LogP contribution in [0.25, 0.3) is 0 Å². The van der Waals surface area contributed by atoms with Crippen LogP contribution in [0.3, 0.4) is 0 Å². The van der Waals surface area contributed by atoms with E-state index in [2.05, 4.69) is 23.6 Å². The van der Waals surface area contributed by atoms with Gasteiger partial charge in [0.15, 0.2) is 0 Å². The van der Waals surface area contributed by atoms with Crippen molar-refractivity contribution in [3.05, 3.63) is 34.9 Å². The van der Waals surface area contributed by atoms with Crippen molar-refractivity contribution in [1.82, 2.24) is 9.80 Å². The fourth-order valence-electron chi connectivity index (χ4n) is 2.95. The molecule has 1 heterocycles.